The topological polar surface area (TPSA) is 15.3 Å². The van der Waals surface area contributed by atoms with E-state index in [0.717, 1.165) is 13.1 Å². The van der Waals surface area contributed by atoms with Crippen LogP contribution >= 0.6 is 0 Å². The Morgan fingerprint density at radius 3 is 2.30 bits per heavy atom. The highest BCUT2D eigenvalue weighted by Gasteiger charge is 2.31. The van der Waals surface area contributed by atoms with Gasteiger partial charge in [0.25, 0.3) is 0 Å². The number of nitrogens with zero attached hydrogens (tertiary/aromatic N) is 1. The third-order valence-electron chi connectivity index (χ3n) is 4.78. The number of anilines is 1. The van der Waals surface area contributed by atoms with E-state index in [1.165, 1.54) is 16.8 Å². The molecule has 0 saturated carbocycles. The van der Waals surface area contributed by atoms with Crippen molar-refractivity contribution in [2.24, 2.45) is 11.8 Å². The zero-order valence-corrected chi connectivity index (χ0v) is 13.9. The van der Waals surface area contributed by atoms with Gasteiger partial charge in [0.2, 0.25) is 0 Å². The molecule has 1 aromatic rings. The molecule has 112 valence electrons. The number of rotatable bonds is 3. The summed E-state index contributed by atoms with van der Waals surface area (Å²) in [6.07, 6.45) is 0. The lowest BCUT2D eigenvalue weighted by Crippen LogP contribution is -2.60. The lowest BCUT2D eigenvalue weighted by molar-refractivity contribution is 0.295. The van der Waals surface area contributed by atoms with E-state index >= 15 is 0 Å². The minimum atomic E-state index is 0.589. The van der Waals surface area contributed by atoms with Gasteiger partial charge < -0.3 is 10.2 Å². The Bertz CT molecular complexity index is 451. The summed E-state index contributed by atoms with van der Waals surface area (Å²) >= 11 is 0. The first-order valence-electron chi connectivity index (χ1n) is 7.97. The van der Waals surface area contributed by atoms with Crippen molar-refractivity contribution in [1.29, 1.82) is 0 Å². The Kier molecular flexibility index (Phi) is 4.74. The summed E-state index contributed by atoms with van der Waals surface area (Å²) in [5.74, 6) is 1.34. The summed E-state index contributed by atoms with van der Waals surface area (Å²) < 4.78 is 0. The normalized spacial score (nSPS) is 23.7. The maximum absolute atomic E-state index is 3.73. The van der Waals surface area contributed by atoms with Crippen LogP contribution in [0.2, 0.25) is 0 Å². The molecule has 0 spiro atoms. The fourth-order valence-corrected chi connectivity index (χ4v) is 3.04. The number of hydrogen-bond acceptors (Lipinski definition) is 2. The van der Waals surface area contributed by atoms with Gasteiger partial charge in [0, 0.05) is 30.9 Å². The minimum absolute atomic E-state index is 0.589. The third kappa shape index (κ3) is 3.17. The monoisotopic (exact) mass is 274 g/mol. The van der Waals surface area contributed by atoms with Crippen molar-refractivity contribution in [1.82, 2.24) is 5.32 Å². The predicted molar refractivity (Wildman–Crippen MR) is 88.5 cm³/mol. The minimum Gasteiger partial charge on any atom is -0.365 e. The van der Waals surface area contributed by atoms with E-state index in [2.05, 4.69) is 70.0 Å². The molecule has 20 heavy (non-hydrogen) atoms. The highest BCUT2D eigenvalue weighted by Crippen LogP contribution is 2.27. The van der Waals surface area contributed by atoms with Crippen molar-refractivity contribution < 1.29 is 0 Å². The fraction of sp³-hybridized carbons (Fsp3) is 0.667. The van der Waals surface area contributed by atoms with Crippen LogP contribution in [0.3, 0.4) is 0 Å². The Balaban J connectivity index is 2.28. The average molecular weight is 274 g/mol. The summed E-state index contributed by atoms with van der Waals surface area (Å²) in [6, 6.07) is 8.08. The average Bonchev–Trinajstić information content (AvgIpc) is 2.41. The molecule has 1 saturated heterocycles. The van der Waals surface area contributed by atoms with Crippen molar-refractivity contribution >= 4 is 5.69 Å². The van der Waals surface area contributed by atoms with Crippen LogP contribution in [0.4, 0.5) is 5.69 Å². The molecule has 1 heterocycles. The van der Waals surface area contributed by atoms with Crippen LogP contribution in [0.25, 0.3) is 0 Å². The molecule has 1 aliphatic heterocycles. The lowest BCUT2D eigenvalue weighted by Gasteiger charge is -2.45. The van der Waals surface area contributed by atoms with E-state index in [4.69, 9.17) is 0 Å². The SMILES string of the molecule is Cc1ccc(N2CC(C(C)C)NCC2C(C)C)cc1C. The van der Waals surface area contributed by atoms with Gasteiger partial charge in [-0.3, -0.25) is 0 Å². The summed E-state index contributed by atoms with van der Waals surface area (Å²) in [7, 11) is 0. The van der Waals surface area contributed by atoms with Gasteiger partial charge in [-0.2, -0.15) is 0 Å². The van der Waals surface area contributed by atoms with Crippen molar-refractivity contribution in [2.45, 2.75) is 53.6 Å². The molecule has 2 unspecified atom stereocenters. The zero-order chi connectivity index (χ0) is 14.9. The predicted octanol–water partition coefficient (Wildman–Crippen LogP) is 3.76. The Labute approximate surface area is 124 Å². The molecule has 1 N–H and O–H groups in total. The molecule has 2 rings (SSSR count). The number of aryl methyl sites for hydroxylation is 2. The molecule has 1 fully saturated rings. The van der Waals surface area contributed by atoms with Crippen LogP contribution in [-0.4, -0.2) is 25.2 Å². The van der Waals surface area contributed by atoms with Crippen LogP contribution < -0.4 is 10.2 Å². The van der Waals surface area contributed by atoms with E-state index in [0.29, 0.717) is 23.9 Å². The van der Waals surface area contributed by atoms with Gasteiger partial charge in [-0.05, 0) is 48.9 Å². The Morgan fingerprint density at radius 2 is 1.75 bits per heavy atom. The highest BCUT2D eigenvalue weighted by molar-refractivity contribution is 5.52. The highest BCUT2D eigenvalue weighted by atomic mass is 15.2. The summed E-state index contributed by atoms with van der Waals surface area (Å²) in [4.78, 5) is 2.62. The molecule has 0 bridgehead atoms. The Morgan fingerprint density at radius 1 is 1.05 bits per heavy atom. The first-order valence-corrected chi connectivity index (χ1v) is 7.97. The molecule has 2 heteroatoms. The summed E-state index contributed by atoms with van der Waals surface area (Å²) in [6.45, 7) is 15.9. The molecular weight excluding hydrogens is 244 g/mol. The van der Waals surface area contributed by atoms with Crippen LogP contribution in [0, 0.1) is 25.7 Å². The number of hydrogen-bond donors (Lipinski definition) is 1. The number of benzene rings is 1. The fourth-order valence-electron chi connectivity index (χ4n) is 3.04. The molecule has 1 aromatic carbocycles. The summed E-state index contributed by atoms with van der Waals surface area (Å²) in [5, 5.41) is 3.73. The van der Waals surface area contributed by atoms with Gasteiger partial charge in [0.05, 0.1) is 0 Å². The summed E-state index contributed by atoms with van der Waals surface area (Å²) in [5.41, 5.74) is 4.16. The first-order chi connectivity index (χ1) is 9.40. The lowest BCUT2D eigenvalue weighted by atomic mass is 9.93. The van der Waals surface area contributed by atoms with E-state index < -0.39 is 0 Å². The second-order valence-electron chi connectivity index (χ2n) is 6.99. The van der Waals surface area contributed by atoms with Crippen molar-refractivity contribution in [2.75, 3.05) is 18.0 Å². The molecule has 2 atom stereocenters. The van der Waals surface area contributed by atoms with E-state index in [1.54, 1.807) is 0 Å². The molecule has 0 amide bonds. The van der Waals surface area contributed by atoms with Crippen LogP contribution in [0.1, 0.15) is 38.8 Å². The maximum Gasteiger partial charge on any atom is 0.0438 e. The maximum atomic E-state index is 3.73. The van der Waals surface area contributed by atoms with Crippen molar-refractivity contribution in [3.63, 3.8) is 0 Å². The van der Waals surface area contributed by atoms with Gasteiger partial charge in [0.1, 0.15) is 0 Å². The zero-order valence-electron chi connectivity index (χ0n) is 13.9. The largest absolute Gasteiger partial charge is 0.365 e. The molecule has 0 radical (unpaired) electrons. The van der Waals surface area contributed by atoms with E-state index in [9.17, 15) is 0 Å². The van der Waals surface area contributed by atoms with Crippen molar-refractivity contribution in [3.05, 3.63) is 29.3 Å². The standard InChI is InChI=1S/C18H30N2/c1-12(2)17-11-20(18(10-19-17)13(3)4)16-8-7-14(5)15(6)9-16/h7-9,12-13,17-19H,10-11H2,1-6H3. The molecule has 0 aliphatic carbocycles. The first kappa shape index (κ1) is 15.4. The van der Waals surface area contributed by atoms with Gasteiger partial charge in [-0.15, -0.1) is 0 Å². The van der Waals surface area contributed by atoms with Gasteiger partial charge in [-0.1, -0.05) is 33.8 Å². The third-order valence-corrected chi connectivity index (χ3v) is 4.78. The van der Waals surface area contributed by atoms with E-state index in [-0.39, 0.29) is 0 Å². The second-order valence-corrected chi connectivity index (χ2v) is 6.99. The van der Waals surface area contributed by atoms with E-state index in [1.807, 2.05) is 0 Å². The number of nitrogens with one attached hydrogen (secondary N) is 1. The molecule has 1 aliphatic rings. The van der Waals surface area contributed by atoms with Crippen LogP contribution in [-0.2, 0) is 0 Å². The van der Waals surface area contributed by atoms with Gasteiger partial charge in [0.15, 0.2) is 0 Å². The van der Waals surface area contributed by atoms with Gasteiger partial charge in [-0.25, -0.2) is 0 Å². The van der Waals surface area contributed by atoms with Crippen molar-refractivity contribution in [3.8, 4) is 0 Å². The Hall–Kier alpha value is -1.02. The smallest absolute Gasteiger partial charge is 0.0438 e. The van der Waals surface area contributed by atoms with Crippen LogP contribution in [0.5, 0.6) is 0 Å². The molecular formula is C18H30N2. The van der Waals surface area contributed by atoms with Gasteiger partial charge >= 0.3 is 0 Å². The quantitative estimate of drug-likeness (QED) is 0.903. The van der Waals surface area contributed by atoms with Crippen LogP contribution in [0.15, 0.2) is 18.2 Å². The number of piperazine rings is 1. The second kappa shape index (κ2) is 6.17. The molecule has 2 nitrogen and oxygen atoms in total. The molecule has 0 aromatic heterocycles.